The van der Waals surface area contributed by atoms with Crippen molar-refractivity contribution < 1.29 is 14.3 Å². The first-order valence-electron chi connectivity index (χ1n) is 4.31. The number of amides is 1. The Balaban J connectivity index is 3.18. The van der Waals surface area contributed by atoms with Crippen molar-refractivity contribution in [3.8, 4) is 11.5 Å². The summed E-state index contributed by atoms with van der Waals surface area (Å²) in [5.41, 5.74) is 1.46. The minimum Gasteiger partial charge on any atom is -0.497 e. The molecule has 1 aromatic carbocycles. The molecule has 82 valence electrons. The van der Waals surface area contributed by atoms with Gasteiger partial charge in [-0.15, -0.1) is 0 Å². The first-order valence-corrected chi connectivity index (χ1v) is 4.75. The molecule has 0 saturated heterocycles. The number of hydrogen-bond acceptors (Lipinski definition) is 3. The van der Waals surface area contributed by atoms with Crippen molar-refractivity contribution in [3.63, 3.8) is 0 Å². The predicted molar refractivity (Wildman–Crippen MR) is 62.3 cm³/mol. The van der Waals surface area contributed by atoms with Crippen LogP contribution in [0, 0.1) is 6.92 Å². The van der Waals surface area contributed by atoms with Crippen molar-refractivity contribution in [2.45, 2.75) is 6.92 Å². The second kappa shape index (κ2) is 4.93. The van der Waals surface area contributed by atoms with Gasteiger partial charge in [-0.25, -0.2) is 0 Å². The van der Waals surface area contributed by atoms with Crippen LogP contribution < -0.4 is 14.8 Å². The summed E-state index contributed by atoms with van der Waals surface area (Å²) >= 11 is 3.65. The van der Waals surface area contributed by atoms with E-state index in [9.17, 15) is 4.79 Å². The van der Waals surface area contributed by atoms with Crippen molar-refractivity contribution in [2.24, 2.45) is 0 Å². The quantitative estimate of drug-likeness (QED) is 0.780. The maximum Gasteiger partial charge on any atom is 0.280 e. The SMILES string of the molecule is COc1cc(C)c(NC(=O)S)c(OC)c1. The standard InChI is InChI=1S/C10H13NO3S/c1-6-4-7(13-2)5-8(14-3)9(6)11-10(12)15/h4-5H,1-3H3,(H2,11,12,15). The van der Waals surface area contributed by atoms with Crippen LogP contribution in [0.25, 0.3) is 0 Å². The van der Waals surface area contributed by atoms with E-state index in [1.807, 2.05) is 13.0 Å². The fraction of sp³-hybridized carbons (Fsp3) is 0.300. The van der Waals surface area contributed by atoms with Gasteiger partial charge in [0.2, 0.25) is 0 Å². The maximum absolute atomic E-state index is 10.9. The Morgan fingerprint density at radius 1 is 1.33 bits per heavy atom. The average Bonchev–Trinajstić information content (AvgIpc) is 2.20. The van der Waals surface area contributed by atoms with E-state index in [-0.39, 0.29) is 0 Å². The molecule has 0 atom stereocenters. The fourth-order valence-electron chi connectivity index (χ4n) is 1.27. The Morgan fingerprint density at radius 2 is 2.00 bits per heavy atom. The molecule has 5 heteroatoms. The molecule has 0 saturated carbocycles. The third kappa shape index (κ3) is 2.79. The maximum atomic E-state index is 10.9. The van der Waals surface area contributed by atoms with Crippen LogP contribution in [0.5, 0.6) is 11.5 Å². The number of carbonyl (C=O) groups is 1. The summed E-state index contributed by atoms with van der Waals surface area (Å²) in [7, 11) is 3.10. The number of benzene rings is 1. The van der Waals surface area contributed by atoms with Crippen LogP contribution in [0.15, 0.2) is 12.1 Å². The Hall–Kier alpha value is -1.36. The van der Waals surface area contributed by atoms with Crippen LogP contribution in [0.2, 0.25) is 0 Å². The summed E-state index contributed by atoms with van der Waals surface area (Å²) in [4.78, 5) is 10.9. The second-order valence-electron chi connectivity index (χ2n) is 2.95. The van der Waals surface area contributed by atoms with E-state index in [0.717, 1.165) is 5.56 Å². The van der Waals surface area contributed by atoms with E-state index in [0.29, 0.717) is 17.2 Å². The van der Waals surface area contributed by atoms with Crippen LogP contribution in [-0.4, -0.2) is 19.5 Å². The van der Waals surface area contributed by atoms with Gasteiger partial charge in [0.25, 0.3) is 5.24 Å². The lowest BCUT2D eigenvalue weighted by Gasteiger charge is -2.13. The molecule has 0 radical (unpaired) electrons. The molecular formula is C10H13NO3S. The molecule has 1 aromatic rings. The van der Waals surface area contributed by atoms with Crippen LogP contribution in [0.4, 0.5) is 10.5 Å². The molecule has 0 aliphatic heterocycles. The smallest absolute Gasteiger partial charge is 0.280 e. The molecule has 1 amide bonds. The van der Waals surface area contributed by atoms with E-state index in [1.54, 1.807) is 13.2 Å². The van der Waals surface area contributed by atoms with Crippen LogP contribution in [0.3, 0.4) is 0 Å². The molecule has 0 spiro atoms. The van der Waals surface area contributed by atoms with E-state index in [2.05, 4.69) is 17.9 Å². The highest BCUT2D eigenvalue weighted by atomic mass is 32.1. The number of hydrogen-bond donors (Lipinski definition) is 2. The van der Waals surface area contributed by atoms with Gasteiger partial charge >= 0.3 is 0 Å². The van der Waals surface area contributed by atoms with E-state index < -0.39 is 5.24 Å². The minimum atomic E-state index is -0.429. The van der Waals surface area contributed by atoms with E-state index in [1.165, 1.54) is 7.11 Å². The van der Waals surface area contributed by atoms with Crippen molar-refractivity contribution in [3.05, 3.63) is 17.7 Å². The molecule has 1 N–H and O–H groups in total. The molecule has 0 heterocycles. The Labute approximate surface area is 94.0 Å². The Bertz CT molecular complexity index is 379. The highest BCUT2D eigenvalue weighted by Crippen LogP contribution is 2.33. The zero-order chi connectivity index (χ0) is 11.4. The summed E-state index contributed by atoms with van der Waals surface area (Å²) < 4.78 is 10.2. The highest BCUT2D eigenvalue weighted by molar-refractivity contribution is 7.96. The van der Waals surface area contributed by atoms with E-state index >= 15 is 0 Å². The lowest BCUT2D eigenvalue weighted by molar-refractivity contribution is 0.270. The summed E-state index contributed by atoms with van der Waals surface area (Å²) in [5, 5.41) is 2.16. The summed E-state index contributed by atoms with van der Waals surface area (Å²) in [6.45, 7) is 1.85. The number of rotatable bonds is 3. The van der Waals surface area contributed by atoms with Crippen LogP contribution in [0.1, 0.15) is 5.56 Å². The predicted octanol–water partition coefficient (Wildman–Crippen LogP) is 2.47. The molecule has 0 bridgehead atoms. The second-order valence-corrected chi connectivity index (χ2v) is 3.36. The largest absolute Gasteiger partial charge is 0.497 e. The normalized spacial score (nSPS) is 9.60. The fourth-order valence-corrected chi connectivity index (χ4v) is 1.38. The van der Waals surface area contributed by atoms with Gasteiger partial charge in [0.1, 0.15) is 11.5 Å². The van der Waals surface area contributed by atoms with E-state index in [4.69, 9.17) is 9.47 Å². The molecule has 15 heavy (non-hydrogen) atoms. The van der Waals surface area contributed by atoms with Gasteiger partial charge in [-0.2, -0.15) is 0 Å². The first kappa shape index (κ1) is 11.7. The average molecular weight is 227 g/mol. The third-order valence-electron chi connectivity index (χ3n) is 1.96. The Kier molecular flexibility index (Phi) is 3.85. The monoisotopic (exact) mass is 227 g/mol. The van der Waals surface area contributed by atoms with Gasteiger partial charge in [-0.05, 0) is 18.6 Å². The number of methoxy groups -OCH3 is 2. The topological polar surface area (TPSA) is 47.6 Å². The first-order chi connectivity index (χ1) is 7.08. The zero-order valence-corrected chi connectivity index (χ0v) is 9.72. The van der Waals surface area contributed by atoms with Crippen LogP contribution in [-0.2, 0) is 0 Å². The molecule has 1 rings (SSSR count). The van der Waals surface area contributed by atoms with Crippen molar-refractivity contribution >= 4 is 23.6 Å². The van der Waals surface area contributed by atoms with Crippen LogP contribution >= 0.6 is 12.6 Å². The molecule has 4 nitrogen and oxygen atoms in total. The minimum absolute atomic E-state index is 0.429. The van der Waals surface area contributed by atoms with Gasteiger partial charge < -0.3 is 14.8 Å². The number of thiol groups is 1. The van der Waals surface area contributed by atoms with Gasteiger partial charge in [-0.3, -0.25) is 4.79 Å². The molecule has 0 fully saturated rings. The molecule has 0 aliphatic carbocycles. The Morgan fingerprint density at radius 3 is 2.47 bits per heavy atom. The van der Waals surface area contributed by atoms with Crippen molar-refractivity contribution in [1.29, 1.82) is 0 Å². The number of anilines is 1. The van der Waals surface area contributed by atoms with Gasteiger partial charge in [0.05, 0.1) is 19.9 Å². The van der Waals surface area contributed by atoms with Gasteiger partial charge in [0, 0.05) is 6.07 Å². The number of aryl methyl sites for hydroxylation is 1. The lowest BCUT2D eigenvalue weighted by Crippen LogP contribution is -2.05. The lowest BCUT2D eigenvalue weighted by atomic mass is 10.1. The summed E-state index contributed by atoms with van der Waals surface area (Å²) in [6, 6.07) is 3.51. The highest BCUT2D eigenvalue weighted by Gasteiger charge is 2.10. The van der Waals surface area contributed by atoms with Gasteiger partial charge in [-0.1, -0.05) is 12.6 Å². The number of carbonyl (C=O) groups excluding carboxylic acids is 1. The number of ether oxygens (including phenoxy) is 2. The molecule has 0 aliphatic rings. The van der Waals surface area contributed by atoms with Crippen molar-refractivity contribution in [2.75, 3.05) is 19.5 Å². The number of nitrogens with one attached hydrogen (secondary N) is 1. The van der Waals surface area contributed by atoms with Gasteiger partial charge in [0.15, 0.2) is 0 Å². The molecular weight excluding hydrogens is 214 g/mol. The zero-order valence-electron chi connectivity index (χ0n) is 8.83. The molecule has 0 aromatic heterocycles. The summed E-state index contributed by atoms with van der Waals surface area (Å²) in [6.07, 6.45) is 0. The molecule has 0 unspecified atom stereocenters. The third-order valence-corrected chi connectivity index (χ3v) is 2.07. The summed E-state index contributed by atoms with van der Waals surface area (Å²) in [5.74, 6) is 1.23. The van der Waals surface area contributed by atoms with Crippen molar-refractivity contribution in [1.82, 2.24) is 0 Å².